The molecular weight excluding hydrogens is 294 g/mol. The van der Waals surface area contributed by atoms with Crippen LogP contribution in [0.3, 0.4) is 0 Å². The van der Waals surface area contributed by atoms with Crippen LogP contribution in [0.25, 0.3) is 0 Å². The molecule has 0 aliphatic carbocycles. The number of carbonyl (C=O) groups is 3. The lowest BCUT2D eigenvalue weighted by molar-refractivity contribution is -0.157. The van der Waals surface area contributed by atoms with Crippen molar-refractivity contribution in [3.05, 3.63) is 11.3 Å². The van der Waals surface area contributed by atoms with Crippen molar-refractivity contribution >= 4 is 29.4 Å². The third-order valence-corrected chi connectivity index (χ3v) is 5.59. The van der Waals surface area contributed by atoms with Crippen LogP contribution in [-0.4, -0.2) is 51.4 Å². The molecular formula is C14H19NO5S. The van der Waals surface area contributed by atoms with Crippen LogP contribution in [0.4, 0.5) is 0 Å². The van der Waals surface area contributed by atoms with E-state index < -0.39 is 29.0 Å². The largest absolute Gasteiger partial charge is 0.508 e. The molecule has 0 radical (unpaired) electrons. The molecule has 2 aliphatic heterocycles. The molecule has 7 heteroatoms. The van der Waals surface area contributed by atoms with Crippen LogP contribution >= 0.6 is 11.8 Å². The first kappa shape index (κ1) is 15.9. The second-order valence-corrected chi connectivity index (χ2v) is 7.40. The number of hydrogen-bond donors (Lipinski definition) is 1. The van der Waals surface area contributed by atoms with E-state index in [9.17, 15) is 19.5 Å². The fraction of sp³-hybridized carbons (Fsp3) is 0.643. The Labute approximate surface area is 127 Å². The van der Waals surface area contributed by atoms with Gasteiger partial charge in [-0.25, -0.2) is 4.79 Å². The van der Waals surface area contributed by atoms with Gasteiger partial charge in [0.15, 0.2) is 5.78 Å². The highest BCUT2D eigenvalue weighted by molar-refractivity contribution is 8.00. The Bertz CT molecular complexity index is 562. The molecule has 0 aromatic rings. The molecule has 1 fully saturated rings. The first-order valence-electron chi connectivity index (χ1n) is 6.57. The van der Waals surface area contributed by atoms with Gasteiger partial charge in [-0.05, 0) is 12.3 Å². The zero-order valence-electron chi connectivity index (χ0n) is 12.7. The van der Waals surface area contributed by atoms with Crippen LogP contribution in [0.15, 0.2) is 11.3 Å². The molecule has 0 spiro atoms. The van der Waals surface area contributed by atoms with Crippen molar-refractivity contribution in [2.75, 3.05) is 12.9 Å². The minimum atomic E-state index is -1.57. The van der Waals surface area contributed by atoms with Gasteiger partial charge in [0.05, 0.1) is 12.5 Å². The van der Waals surface area contributed by atoms with Crippen molar-refractivity contribution in [2.24, 2.45) is 5.41 Å². The first-order chi connectivity index (χ1) is 9.59. The minimum Gasteiger partial charge on any atom is -0.508 e. The Balaban J connectivity index is 2.64. The number of ether oxygens (including phenoxy) is 1. The van der Waals surface area contributed by atoms with E-state index in [1.165, 1.54) is 30.7 Å². The summed E-state index contributed by atoms with van der Waals surface area (Å²) in [5, 5.41) is 10.1. The summed E-state index contributed by atoms with van der Waals surface area (Å²) >= 11 is 1.40. The molecule has 0 aromatic carbocycles. The highest BCUT2D eigenvalue weighted by Crippen LogP contribution is 2.52. The summed E-state index contributed by atoms with van der Waals surface area (Å²) in [6, 6.07) is 0. The zero-order chi connectivity index (χ0) is 16.2. The van der Waals surface area contributed by atoms with Crippen LogP contribution in [0.5, 0.6) is 0 Å². The lowest BCUT2D eigenvalue weighted by Gasteiger charge is -2.37. The number of carbonyl (C=O) groups excluding carboxylic acids is 3. The molecule has 1 amide bonds. The van der Waals surface area contributed by atoms with Crippen LogP contribution in [-0.2, 0) is 19.1 Å². The lowest BCUT2D eigenvalue weighted by Crippen LogP contribution is -2.56. The maximum Gasteiger partial charge on any atom is 0.340 e. The second kappa shape index (κ2) is 4.76. The quantitative estimate of drug-likeness (QED) is 0.610. The van der Waals surface area contributed by atoms with Gasteiger partial charge in [0.1, 0.15) is 11.3 Å². The van der Waals surface area contributed by atoms with Crippen LogP contribution < -0.4 is 0 Å². The smallest absolute Gasteiger partial charge is 0.340 e. The molecule has 1 N–H and O–H groups in total. The number of aliphatic hydroxyl groups is 1. The van der Waals surface area contributed by atoms with Gasteiger partial charge in [-0.1, -0.05) is 20.8 Å². The van der Waals surface area contributed by atoms with Gasteiger partial charge in [0.2, 0.25) is 5.54 Å². The van der Waals surface area contributed by atoms with Crippen LogP contribution in [0, 0.1) is 5.41 Å². The van der Waals surface area contributed by atoms with Gasteiger partial charge >= 0.3 is 5.97 Å². The number of amides is 1. The fourth-order valence-electron chi connectivity index (χ4n) is 2.81. The standard InChI is InChI=1S/C14H19NO5S/c1-7(16)8-9(17)14(12(19)20-5)6-21-11(13(2,3)4)15(14)10(8)18/h11,17H,6H2,1-5H3/t11-,14-/m1/s1. The van der Waals surface area contributed by atoms with Gasteiger partial charge in [-0.3, -0.25) is 9.59 Å². The monoisotopic (exact) mass is 313 g/mol. The Morgan fingerprint density at radius 3 is 2.43 bits per heavy atom. The normalized spacial score (nSPS) is 28.9. The summed E-state index contributed by atoms with van der Waals surface area (Å²) < 4.78 is 4.80. The second-order valence-electron chi connectivity index (χ2n) is 6.34. The van der Waals surface area contributed by atoms with Crippen molar-refractivity contribution in [1.29, 1.82) is 0 Å². The topological polar surface area (TPSA) is 83.9 Å². The number of nitrogens with zero attached hydrogens (tertiary/aromatic N) is 1. The summed E-state index contributed by atoms with van der Waals surface area (Å²) in [6.07, 6.45) is 0. The third kappa shape index (κ3) is 1.97. The molecule has 2 atom stereocenters. The Morgan fingerprint density at radius 2 is 2.00 bits per heavy atom. The van der Waals surface area contributed by atoms with E-state index >= 15 is 0 Å². The fourth-order valence-corrected chi connectivity index (χ4v) is 4.53. The lowest BCUT2D eigenvalue weighted by atomic mass is 9.92. The molecule has 2 rings (SSSR count). The molecule has 1 saturated heterocycles. The van der Waals surface area contributed by atoms with Crippen LogP contribution in [0.1, 0.15) is 27.7 Å². The number of methoxy groups -OCH3 is 1. The summed E-state index contributed by atoms with van der Waals surface area (Å²) in [6.45, 7) is 7.02. The Morgan fingerprint density at radius 1 is 1.43 bits per heavy atom. The highest BCUT2D eigenvalue weighted by atomic mass is 32.2. The minimum absolute atomic E-state index is 0.177. The number of thioether (sulfide) groups is 1. The maximum atomic E-state index is 12.6. The zero-order valence-corrected chi connectivity index (χ0v) is 13.5. The molecule has 116 valence electrons. The Hall–Kier alpha value is -1.50. The molecule has 21 heavy (non-hydrogen) atoms. The number of hydrogen-bond acceptors (Lipinski definition) is 6. The van der Waals surface area contributed by atoms with E-state index in [0.717, 1.165) is 0 Å². The van der Waals surface area contributed by atoms with E-state index in [2.05, 4.69) is 0 Å². The van der Waals surface area contributed by atoms with Crippen molar-refractivity contribution in [2.45, 2.75) is 38.6 Å². The van der Waals surface area contributed by atoms with E-state index in [1.54, 1.807) is 0 Å². The predicted molar refractivity (Wildman–Crippen MR) is 77.6 cm³/mol. The maximum absolute atomic E-state index is 12.6. The number of esters is 1. The number of Topliss-reactive ketones (excluding diaryl/α,β-unsaturated/α-hetero) is 1. The molecule has 0 unspecified atom stereocenters. The van der Waals surface area contributed by atoms with Gasteiger partial charge < -0.3 is 14.7 Å². The summed E-state index contributed by atoms with van der Waals surface area (Å²) in [4.78, 5) is 37.9. The number of ketones is 1. The molecule has 2 aliphatic rings. The molecule has 2 heterocycles. The average Bonchev–Trinajstić information content (AvgIpc) is 2.85. The van der Waals surface area contributed by atoms with E-state index in [0.29, 0.717) is 0 Å². The summed E-state index contributed by atoms with van der Waals surface area (Å²) in [7, 11) is 1.20. The number of fused-ring (bicyclic) bond motifs is 1. The van der Waals surface area contributed by atoms with Crippen molar-refractivity contribution in [1.82, 2.24) is 4.90 Å². The van der Waals surface area contributed by atoms with Crippen molar-refractivity contribution < 1.29 is 24.2 Å². The number of rotatable bonds is 2. The SMILES string of the molecule is COC(=O)[C@]12CS[C@H](C(C)(C)C)N1C(=O)C(C(C)=O)=C2O. The molecule has 6 nitrogen and oxygen atoms in total. The van der Waals surface area contributed by atoms with Crippen molar-refractivity contribution in [3.63, 3.8) is 0 Å². The van der Waals surface area contributed by atoms with E-state index in [-0.39, 0.29) is 22.1 Å². The van der Waals surface area contributed by atoms with E-state index in [4.69, 9.17) is 4.74 Å². The first-order valence-corrected chi connectivity index (χ1v) is 7.62. The van der Waals surface area contributed by atoms with Gasteiger partial charge in [0, 0.05) is 5.75 Å². The van der Waals surface area contributed by atoms with Gasteiger partial charge in [-0.15, -0.1) is 11.8 Å². The van der Waals surface area contributed by atoms with E-state index in [1.807, 2.05) is 20.8 Å². The van der Waals surface area contributed by atoms with Crippen LogP contribution in [0.2, 0.25) is 0 Å². The van der Waals surface area contributed by atoms with Gasteiger partial charge in [0.25, 0.3) is 5.91 Å². The molecule has 0 aromatic heterocycles. The van der Waals surface area contributed by atoms with Crippen molar-refractivity contribution in [3.8, 4) is 0 Å². The molecule has 0 bridgehead atoms. The third-order valence-electron chi connectivity index (χ3n) is 3.77. The summed E-state index contributed by atoms with van der Waals surface area (Å²) in [5.41, 5.74) is -2.20. The predicted octanol–water partition coefficient (Wildman–Crippen LogP) is 1.26. The molecule has 0 saturated carbocycles. The summed E-state index contributed by atoms with van der Waals surface area (Å²) in [5.74, 6) is -2.17. The average molecular weight is 313 g/mol. The van der Waals surface area contributed by atoms with Gasteiger partial charge in [-0.2, -0.15) is 0 Å². The highest BCUT2D eigenvalue weighted by Gasteiger charge is 2.66. The number of aliphatic hydroxyl groups excluding tert-OH is 1. The Kier molecular flexibility index (Phi) is 3.60.